The van der Waals surface area contributed by atoms with Gasteiger partial charge in [0.25, 0.3) is 0 Å². The Morgan fingerprint density at radius 1 is 1.38 bits per heavy atom. The summed E-state index contributed by atoms with van der Waals surface area (Å²) in [5.74, 6) is 1.64. The van der Waals surface area contributed by atoms with Crippen molar-refractivity contribution < 1.29 is 9.28 Å². The predicted octanol–water partition coefficient (Wildman–Crippen LogP) is 1.47. The predicted molar refractivity (Wildman–Crippen MR) is 79.6 cm³/mol. The number of piperidine rings is 3. The molecule has 0 spiro atoms. The molecule has 3 fully saturated rings. The van der Waals surface area contributed by atoms with Gasteiger partial charge in [-0.3, -0.25) is 4.79 Å². The maximum Gasteiger partial charge on any atom is 0.190 e. The van der Waals surface area contributed by atoms with E-state index in [0.29, 0.717) is 11.7 Å². The van der Waals surface area contributed by atoms with Crippen molar-refractivity contribution in [1.82, 2.24) is 9.80 Å². The SMILES string of the molecule is CN1C=CN(CCC[N+]23CCC(CC2)C(=O)C3)/C1=C/N=O. The molecule has 4 heterocycles. The number of ketones is 1. The molecule has 21 heavy (non-hydrogen) atoms. The van der Waals surface area contributed by atoms with Crippen LogP contribution in [0.5, 0.6) is 0 Å². The average Bonchev–Trinajstić information content (AvgIpc) is 2.82. The van der Waals surface area contributed by atoms with Gasteiger partial charge in [-0.25, -0.2) is 0 Å². The van der Waals surface area contributed by atoms with E-state index < -0.39 is 0 Å². The molecule has 0 radical (unpaired) electrons. The van der Waals surface area contributed by atoms with Crippen molar-refractivity contribution in [2.45, 2.75) is 19.3 Å². The number of nitroso groups, excluding NO2 is 1. The second kappa shape index (κ2) is 5.60. The van der Waals surface area contributed by atoms with Crippen LogP contribution in [-0.2, 0) is 4.79 Å². The number of rotatable bonds is 5. The highest BCUT2D eigenvalue weighted by Crippen LogP contribution is 2.31. The fourth-order valence-corrected chi connectivity index (χ4v) is 3.87. The first-order chi connectivity index (χ1) is 10.1. The number of hydrogen-bond donors (Lipinski definition) is 0. The maximum atomic E-state index is 12.0. The lowest BCUT2D eigenvalue weighted by Gasteiger charge is -2.48. The summed E-state index contributed by atoms with van der Waals surface area (Å²) in [6, 6.07) is 0. The third-order valence-corrected chi connectivity index (χ3v) is 5.18. The van der Waals surface area contributed by atoms with Gasteiger partial charge in [0.2, 0.25) is 0 Å². The van der Waals surface area contributed by atoms with Gasteiger partial charge < -0.3 is 14.3 Å². The van der Waals surface area contributed by atoms with E-state index in [4.69, 9.17) is 0 Å². The summed E-state index contributed by atoms with van der Waals surface area (Å²) in [7, 11) is 1.91. The van der Waals surface area contributed by atoms with Gasteiger partial charge in [-0.15, -0.1) is 4.91 Å². The summed E-state index contributed by atoms with van der Waals surface area (Å²) < 4.78 is 0.980. The van der Waals surface area contributed by atoms with E-state index in [2.05, 4.69) is 10.1 Å². The second-order valence-corrected chi connectivity index (χ2v) is 6.46. The van der Waals surface area contributed by atoms with Crippen LogP contribution in [0.4, 0.5) is 0 Å². The Kier molecular flexibility index (Phi) is 3.80. The van der Waals surface area contributed by atoms with E-state index in [1.807, 2.05) is 24.3 Å². The standard InChI is InChI=1S/C15H23N4O2/c1-17-6-7-18(15(17)11-16-21)5-2-8-19-9-3-13(4-10-19)14(20)12-19/h6-7,11,13H,2-5,8-10,12H2,1H3/q+1/b15-11+. The second-order valence-electron chi connectivity index (χ2n) is 6.46. The van der Waals surface area contributed by atoms with Crippen molar-refractivity contribution in [2.24, 2.45) is 11.1 Å². The van der Waals surface area contributed by atoms with Crippen molar-refractivity contribution in [3.63, 3.8) is 0 Å². The van der Waals surface area contributed by atoms with Crippen LogP contribution in [-0.4, -0.2) is 59.8 Å². The van der Waals surface area contributed by atoms with Crippen LogP contribution in [0.2, 0.25) is 0 Å². The monoisotopic (exact) mass is 291 g/mol. The molecule has 0 N–H and O–H groups in total. The first-order valence-electron chi connectivity index (χ1n) is 7.72. The van der Waals surface area contributed by atoms with Crippen molar-refractivity contribution >= 4 is 5.78 Å². The number of hydrogen-bond acceptors (Lipinski definition) is 5. The van der Waals surface area contributed by atoms with Crippen LogP contribution >= 0.6 is 0 Å². The van der Waals surface area contributed by atoms with Gasteiger partial charge in [-0.05, 0) is 5.18 Å². The smallest absolute Gasteiger partial charge is 0.190 e. The van der Waals surface area contributed by atoms with Gasteiger partial charge in [-0.2, -0.15) is 0 Å². The summed E-state index contributed by atoms with van der Waals surface area (Å²) in [6.07, 6.45) is 8.43. The molecule has 0 aliphatic carbocycles. The number of Topliss-reactive ketones (excluding diaryl/α,β-unsaturated/α-hetero) is 1. The molecular formula is C15H23N4O2+. The van der Waals surface area contributed by atoms with Gasteiger partial charge in [0, 0.05) is 51.2 Å². The van der Waals surface area contributed by atoms with Crippen molar-refractivity contribution in [3.8, 4) is 0 Å². The molecule has 4 aliphatic heterocycles. The Hall–Kier alpha value is -1.69. The Morgan fingerprint density at radius 2 is 2.14 bits per heavy atom. The molecule has 6 heteroatoms. The molecule has 0 aromatic rings. The average molecular weight is 291 g/mol. The van der Waals surface area contributed by atoms with E-state index in [0.717, 1.165) is 62.3 Å². The van der Waals surface area contributed by atoms with Crippen molar-refractivity contribution in [2.75, 3.05) is 39.8 Å². The molecule has 2 bridgehead atoms. The summed E-state index contributed by atoms with van der Waals surface area (Å²) >= 11 is 0. The summed E-state index contributed by atoms with van der Waals surface area (Å²) in [5, 5.41) is 2.88. The van der Waals surface area contributed by atoms with Gasteiger partial charge in [0.15, 0.2) is 5.78 Å². The van der Waals surface area contributed by atoms with Gasteiger partial charge in [0.1, 0.15) is 18.6 Å². The molecule has 0 atom stereocenters. The summed E-state index contributed by atoms with van der Waals surface area (Å²) in [5.41, 5.74) is 0. The highest BCUT2D eigenvalue weighted by molar-refractivity contribution is 5.83. The Morgan fingerprint density at radius 3 is 2.81 bits per heavy atom. The molecule has 0 aromatic heterocycles. The van der Waals surface area contributed by atoms with Crippen LogP contribution in [0, 0.1) is 10.8 Å². The van der Waals surface area contributed by atoms with E-state index in [1.165, 1.54) is 6.20 Å². The minimum Gasteiger partial charge on any atom is -0.335 e. The lowest BCUT2D eigenvalue weighted by molar-refractivity contribution is -0.931. The van der Waals surface area contributed by atoms with E-state index in [9.17, 15) is 9.70 Å². The van der Waals surface area contributed by atoms with Crippen LogP contribution in [0.25, 0.3) is 0 Å². The molecule has 114 valence electrons. The maximum absolute atomic E-state index is 12.0. The number of carbonyl (C=O) groups is 1. The van der Waals surface area contributed by atoms with Crippen LogP contribution < -0.4 is 0 Å². The summed E-state index contributed by atoms with van der Waals surface area (Å²) in [6.45, 7) is 4.96. The minimum atomic E-state index is 0.355. The largest absolute Gasteiger partial charge is 0.335 e. The van der Waals surface area contributed by atoms with Crippen LogP contribution in [0.1, 0.15) is 19.3 Å². The molecular weight excluding hydrogens is 268 g/mol. The van der Waals surface area contributed by atoms with E-state index in [-0.39, 0.29) is 0 Å². The zero-order chi connectivity index (χ0) is 14.9. The van der Waals surface area contributed by atoms with Crippen LogP contribution in [0.15, 0.2) is 29.6 Å². The zero-order valence-electron chi connectivity index (χ0n) is 12.6. The molecule has 6 nitrogen and oxygen atoms in total. The van der Waals surface area contributed by atoms with Crippen molar-refractivity contribution in [3.05, 3.63) is 29.3 Å². The molecule has 4 aliphatic rings. The normalized spacial score (nSPS) is 33.3. The first-order valence-corrected chi connectivity index (χ1v) is 7.72. The Labute approximate surface area is 125 Å². The zero-order valence-corrected chi connectivity index (χ0v) is 12.6. The molecule has 4 rings (SSSR count). The number of carbonyl (C=O) groups excluding carboxylic acids is 1. The number of fused-ring (bicyclic) bond motifs is 3. The fraction of sp³-hybridized carbons (Fsp3) is 0.667. The lowest BCUT2D eigenvalue weighted by Crippen LogP contribution is -2.62. The van der Waals surface area contributed by atoms with Gasteiger partial charge >= 0.3 is 0 Å². The summed E-state index contributed by atoms with van der Waals surface area (Å²) in [4.78, 5) is 26.4. The molecule has 0 aromatic carbocycles. The topological polar surface area (TPSA) is 53.0 Å². The van der Waals surface area contributed by atoms with E-state index >= 15 is 0 Å². The Balaban J connectivity index is 1.54. The molecule has 3 saturated heterocycles. The quantitative estimate of drug-likeness (QED) is 0.568. The minimum absolute atomic E-state index is 0.355. The molecule has 0 saturated carbocycles. The highest BCUT2D eigenvalue weighted by Gasteiger charge is 2.44. The number of nitrogens with zero attached hydrogens (tertiary/aromatic N) is 4. The molecule has 0 unspecified atom stereocenters. The van der Waals surface area contributed by atoms with E-state index in [1.54, 1.807) is 0 Å². The third-order valence-electron chi connectivity index (χ3n) is 5.18. The van der Waals surface area contributed by atoms with Gasteiger partial charge in [-0.1, -0.05) is 0 Å². The Bertz CT molecular complexity index is 492. The van der Waals surface area contributed by atoms with Crippen molar-refractivity contribution in [1.29, 1.82) is 0 Å². The highest BCUT2D eigenvalue weighted by atomic mass is 16.2. The lowest BCUT2D eigenvalue weighted by atomic mass is 9.84. The molecule has 0 amide bonds. The van der Waals surface area contributed by atoms with Gasteiger partial charge in [0.05, 0.1) is 19.6 Å². The number of quaternary nitrogens is 1. The fourth-order valence-electron chi connectivity index (χ4n) is 3.87. The third kappa shape index (κ3) is 2.72. The van der Waals surface area contributed by atoms with Crippen LogP contribution in [0.3, 0.4) is 0 Å². The first kappa shape index (κ1) is 14.3.